The van der Waals surface area contributed by atoms with Crippen LogP contribution < -0.4 is 5.73 Å². The van der Waals surface area contributed by atoms with Crippen molar-refractivity contribution in [1.29, 1.82) is 0 Å². The van der Waals surface area contributed by atoms with Crippen molar-refractivity contribution in [1.82, 2.24) is 4.90 Å². The molecular formula is C18H34N2. The molecule has 2 aliphatic carbocycles. The van der Waals surface area contributed by atoms with Crippen molar-refractivity contribution >= 4 is 0 Å². The highest BCUT2D eigenvalue weighted by molar-refractivity contribution is 4.93. The number of likely N-dealkylation sites (tertiary alicyclic amines) is 1. The first-order chi connectivity index (χ1) is 9.65. The standard InChI is InChI=1S/C18H34N2/c1-16-4-8-18(14-19,9-5-16)15-20-12-10-17(11-13-20)6-2-3-7-17/h16H,2-15,19H2,1H3. The van der Waals surface area contributed by atoms with Gasteiger partial charge >= 0.3 is 0 Å². The second-order valence-electron chi connectivity index (χ2n) is 8.37. The van der Waals surface area contributed by atoms with Gasteiger partial charge in [0.15, 0.2) is 0 Å². The van der Waals surface area contributed by atoms with E-state index >= 15 is 0 Å². The summed E-state index contributed by atoms with van der Waals surface area (Å²) in [7, 11) is 0. The zero-order valence-electron chi connectivity index (χ0n) is 13.5. The van der Waals surface area contributed by atoms with Crippen LogP contribution in [0, 0.1) is 16.7 Å². The third kappa shape index (κ3) is 3.06. The van der Waals surface area contributed by atoms with E-state index in [1.54, 1.807) is 0 Å². The van der Waals surface area contributed by atoms with Crippen LogP contribution in [-0.4, -0.2) is 31.1 Å². The molecule has 0 amide bonds. The van der Waals surface area contributed by atoms with Crippen LogP contribution in [0.1, 0.15) is 71.1 Å². The molecule has 1 saturated heterocycles. The smallest absolute Gasteiger partial charge is 0.00501 e. The van der Waals surface area contributed by atoms with Crippen molar-refractivity contribution < 1.29 is 0 Å². The monoisotopic (exact) mass is 278 g/mol. The van der Waals surface area contributed by atoms with Gasteiger partial charge in [0.2, 0.25) is 0 Å². The van der Waals surface area contributed by atoms with Crippen LogP contribution in [0.5, 0.6) is 0 Å². The largest absolute Gasteiger partial charge is 0.330 e. The van der Waals surface area contributed by atoms with Crippen LogP contribution in [0.15, 0.2) is 0 Å². The molecule has 3 fully saturated rings. The number of hydrogen-bond acceptors (Lipinski definition) is 2. The lowest BCUT2D eigenvalue weighted by Crippen LogP contribution is -2.48. The van der Waals surface area contributed by atoms with E-state index in [4.69, 9.17) is 5.73 Å². The summed E-state index contributed by atoms with van der Waals surface area (Å²) in [5, 5.41) is 0. The van der Waals surface area contributed by atoms with Gasteiger partial charge in [-0.2, -0.15) is 0 Å². The van der Waals surface area contributed by atoms with Crippen molar-refractivity contribution in [3.8, 4) is 0 Å². The Labute approximate surface area is 125 Å². The Balaban J connectivity index is 1.53. The summed E-state index contributed by atoms with van der Waals surface area (Å²) in [6.45, 7) is 7.29. The minimum atomic E-state index is 0.451. The Bertz CT molecular complexity index is 301. The molecule has 0 atom stereocenters. The lowest BCUT2D eigenvalue weighted by atomic mass is 9.70. The Morgan fingerprint density at radius 1 is 0.950 bits per heavy atom. The van der Waals surface area contributed by atoms with Crippen molar-refractivity contribution in [3.63, 3.8) is 0 Å². The quantitative estimate of drug-likeness (QED) is 0.851. The molecule has 0 radical (unpaired) electrons. The lowest BCUT2D eigenvalue weighted by Gasteiger charge is -2.46. The molecule has 0 aromatic heterocycles. The molecule has 2 saturated carbocycles. The molecular weight excluding hydrogens is 244 g/mol. The average molecular weight is 278 g/mol. The highest BCUT2D eigenvalue weighted by Gasteiger charge is 2.40. The van der Waals surface area contributed by atoms with Crippen molar-refractivity contribution in [2.45, 2.75) is 71.1 Å². The third-order valence-corrected chi connectivity index (χ3v) is 6.91. The van der Waals surface area contributed by atoms with Gasteiger partial charge < -0.3 is 10.6 Å². The summed E-state index contributed by atoms with van der Waals surface area (Å²) in [5.41, 5.74) is 7.40. The molecule has 2 heteroatoms. The summed E-state index contributed by atoms with van der Waals surface area (Å²) < 4.78 is 0. The Morgan fingerprint density at radius 3 is 2.10 bits per heavy atom. The fourth-order valence-corrected chi connectivity index (χ4v) is 5.09. The molecule has 20 heavy (non-hydrogen) atoms. The number of piperidine rings is 1. The first-order valence-corrected chi connectivity index (χ1v) is 9.08. The van der Waals surface area contributed by atoms with E-state index in [-0.39, 0.29) is 0 Å². The first-order valence-electron chi connectivity index (χ1n) is 9.08. The topological polar surface area (TPSA) is 29.3 Å². The fourth-order valence-electron chi connectivity index (χ4n) is 5.09. The van der Waals surface area contributed by atoms with Gasteiger partial charge in [0.25, 0.3) is 0 Å². The molecule has 116 valence electrons. The van der Waals surface area contributed by atoms with Crippen molar-refractivity contribution in [2.75, 3.05) is 26.2 Å². The molecule has 0 unspecified atom stereocenters. The van der Waals surface area contributed by atoms with E-state index in [0.717, 1.165) is 17.9 Å². The lowest BCUT2D eigenvalue weighted by molar-refractivity contribution is 0.0469. The average Bonchev–Trinajstić information content (AvgIpc) is 2.93. The maximum Gasteiger partial charge on any atom is 0.00501 e. The summed E-state index contributed by atoms with van der Waals surface area (Å²) in [6.07, 6.45) is 14.5. The summed E-state index contributed by atoms with van der Waals surface area (Å²) in [6, 6.07) is 0. The summed E-state index contributed by atoms with van der Waals surface area (Å²) >= 11 is 0. The van der Waals surface area contributed by atoms with E-state index in [9.17, 15) is 0 Å². The van der Waals surface area contributed by atoms with Crippen LogP contribution in [0.4, 0.5) is 0 Å². The molecule has 3 aliphatic rings. The molecule has 1 spiro atoms. The highest BCUT2D eigenvalue weighted by atomic mass is 15.1. The second kappa shape index (κ2) is 5.96. The van der Waals surface area contributed by atoms with Crippen LogP contribution >= 0.6 is 0 Å². The van der Waals surface area contributed by atoms with Gasteiger partial charge in [0.05, 0.1) is 0 Å². The number of hydrogen-bond donors (Lipinski definition) is 1. The molecule has 0 bridgehead atoms. The predicted molar refractivity (Wildman–Crippen MR) is 85.7 cm³/mol. The Hall–Kier alpha value is -0.0800. The third-order valence-electron chi connectivity index (χ3n) is 6.91. The Morgan fingerprint density at radius 2 is 1.55 bits per heavy atom. The molecule has 2 nitrogen and oxygen atoms in total. The van der Waals surface area contributed by atoms with Gasteiger partial charge in [-0.3, -0.25) is 0 Å². The SMILES string of the molecule is CC1CCC(CN)(CN2CCC3(CCCC3)CC2)CC1. The minimum Gasteiger partial charge on any atom is -0.330 e. The maximum absolute atomic E-state index is 6.19. The van der Waals surface area contributed by atoms with Crippen molar-refractivity contribution in [3.05, 3.63) is 0 Å². The molecule has 3 rings (SSSR count). The summed E-state index contributed by atoms with van der Waals surface area (Å²) in [5.74, 6) is 0.929. The predicted octanol–water partition coefficient (Wildman–Crippen LogP) is 3.80. The fraction of sp³-hybridized carbons (Fsp3) is 1.00. The number of nitrogens with two attached hydrogens (primary N) is 1. The second-order valence-corrected chi connectivity index (χ2v) is 8.37. The van der Waals surface area contributed by atoms with E-state index in [2.05, 4.69) is 11.8 Å². The normalized spacial score (nSPS) is 38.4. The number of rotatable bonds is 3. The van der Waals surface area contributed by atoms with Gasteiger partial charge in [0, 0.05) is 6.54 Å². The summed E-state index contributed by atoms with van der Waals surface area (Å²) in [4.78, 5) is 2.76. The Kier molecular flexibility index (Phi) is 4.42. The van der Waals surface area contributed by atoms with Gasteiger partial charge in [-0.1, -0.05) is 32.6 Å². The van der Waals surface area contributed by atoms with E-state index in [1.165, 1.54) is 83.8 Å². The van der Waals surface area contributed by atoms with E-state index < -0.39 is 0 Å². The molecule has 1 heterocycles. The molecule has 0 aromatic carbocycles. The maximum atomic E-state index is 6.19. The minimum absolute atomic E-state index is 0.451. The van der Waals surface area contributed by atoms with E-state index in [1.807, 2.05) is 0 Å². The number of nitrogens with zero attached hydrogens (tertiary/aromatic N) is 1. The van der Waals surface area contributed by atoms with Gasteiger partial charge in [0.1, 0.15) is 0 Å². The molecule has 1 aliphatic heterocycles. The zero-order valence-corrected chi connectivity index (χ0v) is 13.5. The first kappa shape index (κ1) is 14.8. The molecule has 0 aromatic rings. The van der Waals surface area contributed by atoms with Gasteiger partial charge in [-0.15, -0.1) is 0 Å². The molecule has 2 N–H and O–H groups in total. The van der Waals surface area contributed by atoms with E-state index in [0.29, 0.717) is 5.41 Å². The van der Waals surface area contributed by atoms with Crippen LogP contribution in [-0.2, 0) is 0 Å². The van der Waals surface area contributed by atoms with Crippen LogP contribution in [0.25, 0.3) is 0 Å². The van der Waals surface area contributed by atoms with Crippen LogP contribution in [0.3, 0.4) is 0 Å². The highest BCUT2D eigenvalue weighted by Crippen LogP contribution is 2.47. The zero-order chi connectivity index (χ0) is 14.1. The van der Waals surface area contributed by atoms with Gasteiger partial charge in [-0.25, -0.2) is 0 Å². The van der Waals surface area contributed by atoms with Crippen molar-refractivity contribution in [2.24, 2.45) is 22.5 Å². The van der Waals surface area contributed by atoms with Gasteiger partial charge in [-0.05, 0) is 74.9 Å². The van der Waals surface area contributed by atoms with Crippen LogP contribution in [0.2, 0.25) is 0 Å².